The van der Waals surface area contributed by atoms with Crippen molar-refractivity contribution in [2.75, 3.05) is 26.5 Å². The van der Waals surface area contributed by atoms with Gasteiger partial charge in [0.2, 0.25) is 5.89 Å². The second-order valence-corrected chi connectivity index (χ2v) is 7.95. The van der Waals surface area contributed by atoms with Crippen LogP contribution in [0.1, 0.15) is 12.6 Å². The first-order chi connectivity index (χ1) is 14.7. The molecule has 6 nitrogen and oxygen atoms in total. The van der Waals surface area contributed by atoms with Crippen molar-refractivity contribution in [2.45, 2.75) is 18.4 Å². The number of oxazole rings is 1. The zero-order chi connectivity index (χ0) is 21.2. The zero-order valence-electron chi connectivity index (χ0n) is 18.0. The van der Waals surface area contributed by atoms with Gasteiger partial charge in [0.05, 0.1) is 19.3 Å². The highest BCUT2D eigenvalue weighted by Crippen LogP contribution is 2.29. The van der Waals surface area contributed by atoms with Gasteiger partial charge in [0.15, 0.2) is 5.96 Å². The van der Waals surface area contributed by atoms with Crippen LogP contribution in [-0.2, 0) is 6.54 Å². The quantitative estimate of drug-likeness (QED) is 0.167. The van der Waals surface area contributed by atoms with E-state index in [1.54, 1.807) is 32.2 Å². The number of guanidine groups is 1. The van der Waals surface area contributed by atoms with E-state index in [2.05, 4.69) is 33.6 Å². The number of nitrogens with one attached hydrogen (secondary N) is 2. The maximum atomic E-state index is 5.58. The van der Waals surface area contributed by atoms with Gasteiger partial charge in [0, 0.05) is 29.8 Å². The van der Waals surface area contributed by atoms with Gasteiger partial charge >= 0.3 is 0 Å². The number of hydrogen-bond acceptors (Lipinski definition) is 5. The molecule has 0 spiro atoms. The summed E-state index contributed by atoms with van der Waals surface area (Å²) < 4.78 is 11.0. The molecule has 31 heavy (non-hydrogen) atoms. The molecule has 1 aromatic heterocycles. The van der Waals surface area contributed by atoms with Crippen LogP contribution < -0.4 is 15.4 Å². The molecule has 0 bridgehead atoms. The predicted molar refractivity (Wildman–Crippen MR) is 138 cm³/mol. The molecule has 0 aliphatic heterocycles. The average molecular weight is 552 g/mol. The lowest BCUT2D eigenvalue weighted by Gasteiger charge is -2.16. The van der Waals surface area contributed by atoms with Crippen LogP contribution in [0.2, 0.25) is 0 Å². The Hall–Kier alpha value is -2.20. The fourth-order valence-electron chi connectivity index (χ4n) is 2.80. The summed E-state index contributed by atoms with van der Waals surface area (Å²) in [5, 5.41) is 6.67. The van der Waals surface area contributed by atoms with Crippen molar-refractivity contribution >= 4 is 41.7 Å². The molecule has 1 heterocycles. The first kappa shape index (κ1) is 25.1. The first-order valence-electron chi connectivity index (χ1n) is 9.89. The monoisotopic (exact) mass is 552 g/mol. The molecule has 8 heteroatoms. The van der Waals surface area contributed by atoms with E-state index in [1.165, 1.54) is 0 Å². The van der Waals surface area contributed by atoms with Gasteiger partial charge in [-0.05, 0) is 30.2 Å². The van der Waals surface area contributed by atoms with Gasteiger partial charge in [-0.3, -0.25) is 4.99 Å². The number of nitrogens with zero attached hydrogens (tertiary/aromatic N) is 2. The van der Waals surface area contributed by atoms with Gasteiger partial charge in [-0.2, -0.15) is 0 Å². The number of aliphatic imine (C=N–C) groups is 1. The maximum absolute atomic E-state index is 5.58. The molecule has 3 rings (SSSR count). The summed E-state index contributed by atoms with van der Waals surface area (Å²) in [6, 6.07) is 18.0. The molecular formula is C23H29IN4O2S. The molecular weight excluding hydrogens is 523 g/mol. The van der Waals surface area contributed by atoms with E-state index in [-0.39, 0.29) is 24.0 Å². The summed E-state index contributed by atoms with van der Waals surface area (Å²) in [5.74, 6) is 3.72. The van der Waals surface area contributed by atoms with Crippen LogP contribution in [0, 0.1) is 5.92 Å². The molecule has 0 aliphatic rings. The number of methoxy groups -OCH3 is 1. The number of thioether (sulfide) groups is 1. The van der Waals surface area contributed by atoms with Crippen molar-refractivity contribution in [3.05, 3.63) is 66.6 Å². The van der Waals surface area contributed by atoms with Gasteiger partial charge in [-0.25, -0.2) is 4.98 Å². The van der Waals surface area contributed by atoms with Gasteiger partial charge in [0.25, 0.3) is 0 Å². The summed E-state index contributed by atoms with van der Waals surface area (Å²) in [7, 11) is 3.47. The number of ether oxygens (including phenoxy) is 1. The third kappa shape index (κ3) is 7.77. The van der Waals surface area contributed by atoms with Crippen LogP contribution >= 0.6 is 35.7 Å². The Kier molecular flexibility index (Phi) is 10.7. The van der Waals surface area contributed by atoms with Crippen LogP contribution in [-0.4, -0.2) is 37.4 Å². The summed E-state index contributed by atoms with van der Waals surface area (Å²) in [5.41, 5.74) is 1.80. The van der Waals surface area contributed by atoms with Gasteiger partial charge < -0.3 is 19.8 Å². The minimum absolute atomic E-state index is 0. The van der Waals surface area contributed by atoms with Gasteiger partial charge in [-0.1, -0.05) is 37.3 Å². The lowest BCUT2D eigenvalue weighted by atomic mass is 10.2. The molecule has 3 aromatic rings. The van der Waals surface area contributed by atoms with Crippen LogP contribution in [0.15, 0.2) is 75.2 Å². The van der Waals surface area contributed by atoms with Crippen molar-refractivity contribution in [3.8, 4) is 17.2 Å². The van der Waals surface area contributed by atoms with Crippen LogP contribution in [0.4, 0.5) is 0 Å². The van der Waals surface area contributed by atoms with E-state index in [0.29, 0.717) is 18.4 Å². The molecule has 0 saturated carbocycles. The zero-order valence-corrected chi connectivity index (χ0v) is 21.1. The molecule has 0 fully saturated rings. The van der Waals surface area contributed by atoms with Crippen LogP contribution in [0.25, 0.3) is 11.5 Å². The van der Waals surface area contributed by atoms with Crippen molar-refractivity contribution in [1.82, 2.24) is 15.6 Å². The molecule has 2 N–H and O–H groups in total. The van der Waals surface area contributed by atoms with Crippen molar-refractivity contribution in [3.63, 3.8) is 0 Å². The topological polar surface area (TPSA) is 71.7 Å². The molecule has 0 aliphatic carbocycles. The van der Waals surface area contributed by atoms with Crippen LogP contribution in [0.5, 0.6) is 5.75 Å². The number of halogens is 1. The van der Waals surface area contributed by atoms with Crippen molar-refractivity contribution in [2.24, 2.45) is 10.9 Å². The summed E-state index contributed by atoms with van der Waals surface area (Å²) in [4.78, 5) is 9.99. The Labute approximate surface area is 205 Å². The maximum Gasteiger partial charge on any atom is 0.226 e. The average Bonchev–Trinajstić information content (AvgIpc) is 3.27. The Morgan fingerprint density at radius 2 is 1.87 bits per heavy atom. The highest BCUT2D eigenvalue weighted by atomic mass is 127. The van der Waals surface area contributed by atoms with E-state index in [1.807, 2.05) is 48.5 Å². The fraction of sp³-hybridized carbons (Fsp3) is 0.304. The number of aromatic nitrogens is 1. The second-order valence-electron chi connectivity index (χ2n) is 6.88. The number of rotatable bonds is 9. The Morgan fingerprint density at radius 1 is 1.13 bits per heavy atom. The Balaban J connectivity index is 0.00000341. The minimum Gasteiger partial charge on any atom is -0.496 e. The third-order valence-electron chi connectivity index (χ3n) is 4.44. The van der Waals surface area contributed by atoms with E-state index in [0.717, 1.165) is 40.2 Å². The fourth-order valence-corrected chi connectivity index (χ4v) is 3.85. The van der Waals surface area contributed by atoms with Gasteiger partial charge in [-0.15, -0.1) is 35.7 Å². The normalized spacial score (nSPS) is 12.0. The minimum atomic E-state index is 0. The molecule has 0 saturated heterocycles. The lowest BCUT2D eigenvalue weighted by Crippen LogP contribution is -2.39. The summed E-state index contributed by atoms with van der Waals surface area (Å²) in [6.45, 7) is 3.57. The second kappa shape index (κ2) is 13.3. The SMILES string of the molecule is CN=C(NCc1coc(-c2ccccc2)n1)NCC(C)CSc1ccccc1OC.I. The van der Waals surface area contributed by atoms with E-state index in [9.17, 15) is 0 Å². The molecule has 0 radical (unpaired) electrons. The van der Waals surface area contributed by atoms with Crippen molar-refractivity contribution in [1.29, 1.82) is 0 Å². The Morgan fingerprint density at radius 3 is 2.61 bits per heavy atom. The highest BCUT2D eigenvalue weighted by Gasteiger charge is 2.09. The summed E-state index contributed by atoms with van der Waals surface area (Å²) in [6.07, 6.45) is 1.68. The smallest absolute Gasteiger partial charge is 0.226 e. The molecule has 0 amide bonds. The number of hydrogen-bond donors (Lipinski definition) is 2. The van der Waals surface area contributed by atoms with Crippen LogP contribution in [0.3, 0.4) is 0 Å². The number of benzene rings is 2. The summed E-state index contributed by atoms with van der Waals surface area (Å²) >= 11 is 1.80. The molecule has 1 unspecified atom stereocenters. The van der Waals surface area contributed by atoms with Gasteiger partial charge in [0.1, 0.15) is 12.0 Å². The number of para-hydroxylation sites is 1. The largest absolute Gasteiger partial charge is 0.496 e. The predicted octanol–water partition coefficient (Wildman–Crippen LogP) is 5.06. The van der Waals surface area contributed by atoms with Crippen molar-refractivity contribution < 1.29 is 9.15 Å². The molecule has 1 atom stereocenters. The Bertz CT molecular complexity index is 950. The van der Waals surface area contributed by atoms with E-state index in [4.69, 9.17) is 9.15 Å². The van der Waals surface area contributed by atoms with E-state index < -0.39 is 0 Å². The third-order valence-corrected chi connectivity index (χ3v) is 5.83. The molecule has 166 valence electrons. The highest BCUT2D eigenvalue weighted by molar-refractivity contribution is 14.0. The first-order valence-corrected chi connectivity index (χ1v) is 10.9. The standard InChI is InChI=1S/C23H28N4O2S.HI/c1-17(16-30-21-12-8-7-11-20(21)28-3)13-25-23(24-2)26-14-19-15-29-22(27-19)18-9-5-4-6-10-18;/h4-12,15,17H,13-14,16H2,1-3H3,(H2,24,25,26);1H. The lowest BCUT2D eigenvalue weighted by molar-refractivity contribution is 0.405. The van der Waals surface area contributed by atoms with E-state index >= 15 is 0 Å². The molecule has 2 aromatic carbocycles.